The molecule has 1 fully saturated rings. The van der Waals surface area contributed by atoms with Crippen molar-refractivity contribution in [3.05, 3.63) is 48.3 Å². The normalized spacial score (nSPS) is 17.2. The minimum atomic E-state index is -0.458. The van der Waals surface area contributed by atoms with E-state index in [1.807, 2.05) is 0 Å². The lowest BCUT2D eigenvalue weighted by Crippen LogP contribution is -2.33. The number of nitrogens with one attached hydrogen (secondary N) is 1. The fourth-order valence-corrected chi connectivity index (χ4v) is 2.85. The van der Waals surface area contributed by atoms with Crippen LogP contribution in [0.15, 0.2) is 46.9 Å². The number of β-amino-alcohol motifs (C(OH)–C–C–N with tert-alkyl or cyclic N) is 1. The number of carbonyl (C=O) groups is 1. The number of aliphatic hydroxyl groups is 1. The number of hydrogen-bond acceptors (Lipinski definition) is 4. The zero-order chi connectivity index (χ0) is 17.4. The predicted octanol–water partition coefficient (Wildman–Crippen LogP) is 3.23. The topological polar surface area (TPSA) is 78.6 Å². The largest absolute Gasteiger partial charge is 0.436 e. The number of nitrogens with zero attached hydrogens (tertiary/aromatic N) is 2. The SMILES string of the molecule is O=C(Nc1ccc2nc(-c3ccc(F)cc3)oc2c1)N1CC[C@H](O)C1. The molecule has 0 aliphatic carbocycles. The molecule has 2 amide bonds. The van der Waals surface area contributed by atoms with Gasteiger partial charge in [-0.25, -0.2) is 14.2 Å². The zero-order valence-electron chi connectivity index (χ0n) is 13.3. The number of fused-ring (bicyclic) bond motifs is 1. The van der Waals surface area contributed by atoms with Gasteiger partial charge in [0.05, 0.1) is 6.10 Å². The Bertz CT molecular complexity index is 923. The average molecular weight is 341 g/mol. The van der Waals surface area contributed by atoms with Crippen LogP contribution in [0.1, 0.15) is 6.42 Å². The van der Waals surface area contributed by atoms with E-state index in [1.165, 1.54) is 12.1 Å². The lowest BCUT2D eigenvalue weighted by Gasteiger charge is -2.16. The molecule has 1 aromatic heterocycles. The number of aromatic nitrogens is 1. The van der Waals surface area contributed by atoms with E-state index in [2.05, 4.69) is 10.3 Å². The minimum absolute atomic E-state index is 0.255. The second-order valence-electron chi connectivity index (χ2n) is 6.03. The van der Waals surface area contributed by atoms with E-state index < -0.39 is 6.10 Å². The van der Waals surface area contributed by atoms with Crippen LogP contribution in [0.25, 0.3) is 22.6 Å². The molecule has 128 valence electrons. The Labute approximate surface area is 142 Å². The van der Waals surface area contributed by atoms with Crippen molar-refractivity contribution in [2.24, 2.45) is 0 Å². The van der Waals surface area contributed by atoms with Crippen molar-refractivity contribution in [1.82, 2.24) is 9.88 Å². The first-order chi connectivity index (χ1) is 12.1. The molecule has 2 N–H and O–H groups in total. The molecular formula is C18H16FN3O3. The predicted molar refractivity (Wildman–Crippen MR) is 90.6 cm³/mol. The highest BCUT2D eigenvalue weighted by Gasteiger charge is 2.24. The van der Waals surface area contributed by atoms with E-state index in [0.29, 0.717) is 47.8 Å². The monoisotopic (exact) mass is 341 g/mol. The summed E-state index contributed by atoms with van der Waals surface area (Å²) < 4.78 is 18.7. The highest BCUT2D eigenvalue weighted by Crippen LogP contribution is 2.26. The maximum atomic E-state index is 13.0. The third-order valence-corrected chi connectivity index (χ3v) is 4.18. The molecular weight excluding hydrogens is 325 g/mol. The number of halogens is 1. The molecule has 0 spiro atoms. The van der Waals surface area contributed by atoms with Crippen LogP contribution in [0.4, 0.5) is 14.9 Å². The van der Waals surface area contributed by atoms with E-state index in [1.54, 1.807) is 35.2 Å². The molecule has 1 aliphatic heterocycles. The maximum Gasteiger partial charge on any atom is 0.321 e. The number of anilines is 1. The smallest absolute Gasteiger partial charge is 0.321 e. The molecule has 7 heteroatoms. The molecule has 2 heterocycles. The van der Waals surface area contributed by atoms with Gasteiger partial charge in [-0.2, -0.15) is 0 Å². The summed E-state index contributed by atoms with van der Waals surface area (Å²) in [6.45, 7) is 0.872. The highest BCUT2D eigenvalue weighted by molar-refractivity contribution is 5.92. The standard InChI is InChI=1S/C18H16FN3O3/c19-12-3-1-11(2-4-12)17-21-15-6-5-13(9-16(15)25-17)20-18(24)22-8-7-14(23)10-22/h1-6,9,14,23H,7-8,10H2,(H,20,24)/t14-/m0/s1. The van der Waals surface area contributed by atoms with Gasteiger partial charge in [-0.3, -0.25) is 0 Å². The summed E-state index contributed by atoms with van der Waals surface area (Å²) in [5.41, 5.74) is 2.43. The van der Waals surface area contributed by atoms with Gasteiger partial charge in [-0.1, -0.05) is 0 Å². The molecule has 3 aromatic rings. The summed E-state index contributed by atoms with van der Waals surface area (Å²) >= 11 is 0. The van der Waals surface area contributed by atoms with E-state index in [0.717, 1.165) is 0 Å². The quantitative estimate of drug-likeness (QED) is 0.750. The molecule has 1 aliphatic rings. The van der Waals surface area contributed by atoms with Crippen molar-refractivity contribution in [3.8, 4) is 11.5 Å². The van der Waals surface area contributed by atoms with E-state index in [4.69, 9.17) is 4.42 Å². The Kier molecular flexibility index (Phi) is 3.85. The van der Waals surface area contributed by atoms with Gasteiger partial charge in [0.2, 0.25) is 5.89 Å². The molecule has 1 saturated heterocycles. The van der Waals surface area contributed by atoms with Gasteiger partial charge in [0, 0.05) is 30.4 Å². The summed E-state index contributed by atoms with van der Waals surface area (Å²) in [5, 5.41) is 12.3. The lowest BCUT2D eigenvalue weighted by atomic mass is 10.2. The van der Waals surface area contributed by atoms with Gasteiger partial charge < -0.3 is 19.7 Å². The third-order valence-electron chi connectivity index (χ3n) is 4.18. The van der Waals surface area contributed by atoms with Gasteiger partial charge in [-0.05, 0) is 42.8 Å². The summed E-state index contributed by atoms with van der Waals surface area (Å²) in [4.78, 5) is 18.1. The number of benzene rings is 2. The zero-order valence-corrected chi connectivity index (χ0v) is 13.3. The van der Waals surface area contributed by atoms with Crippen LogP contribution >= 0.6 is 0 Å². The fraction of sp³-hybridized carbons (Fsp3) is 0.222. The molecule has 4 rings (SSSR count). The van der Waals surface area contributed by atoms with Crippen molar-refractivity contribution < 1.29 is 18.7 Å². The second-order valence-corrected chi connectivity index (χ2v) is 6.03. The van der Waals surface area contributed by atoms with Crippen molar-refractivity contribution >= 4 is 22.8 Å². The number of hydrogen-bond donors (Lipinski definition) is 2. The number of carbonyl (C=O) groups excluding carboxylic acids is 1. The Balaban J connectivity index is 1.56. The van der Waals surface area contributed by atoms with Gasteiger partial charge in [0.1, 0.15) is 11.3 Å². The maximum absolute atomic E-state index is 13.0. The Morgan fingerprint density at radius 2 is 2.08 bits per heavy atom. The molecule has 6 nitrogen and oxygen atoms in total. The van der Waals surface area contributed by atoms with Crippen molar-refractivity contribution in [2.45, 2.75) is 12.5 Å². The summed E-state index contributed by atoms with van der Waals surface area (Å²) in [7, 11) is 0. The van der Waals surface area contributed by atoms with Crippen LogP contribution in [0.3, 0.4) is 0 Å². The van der Waals surface area contributed by atoms with Crippen molar-refractivity contribution in [2.75, 3.05) is 18.4 Å². The van der Waals surface area contributed by atoms with Crippen LogP contribution in [0.2, 0.25) is 0 Å². The van der Waals surface area contributed by atoms with Gasteiger partial charge in [-0.15, -0.1) is 0 Å². The second kappa shape index (κ2) is 6.18. The van der Waals surface area contributed by atoms with E-state index >= 15 is 0 Å². The number of urea groups is 1. The van der Waals surface area contributed by atoms with E-state index in [-0.39, 0.29) is 11.8 Å². The van der Waals surface area contributed by atoms with E-state index in [9.17, 15) is 14.3 Å². The summed E-state index contributed by atoms with van der Waals surface area (Å²) in [6.07, 6.45) is 0.135. The number of oxazole rings is 1. The molecule has 0 unspecified atom stereocenters. The highest BCUT2D eigenvalue weighted by atomic mass is 19.1. The van der Waals surface area contributed by atoms with Crippen LogP contribution in [-0.2, 0) is 0 Å². The number of rotatable bonds is 2. The third kappa shape index (κ3) is 3.18. The fourth-order valence-electron chi connectivity index (χ4n) is 2.85. The van der Waals surface area contributed by atoms with Gasteiger partial charge >= 0.3 is 6.03 Å². The first-order valence-electron chi connectivity index (χ1n) is 7.99. The van der Waals surface area contributed by atoms with Crippen LogP contribution < -0.4 is 5.32 Å². The summed E-state index contributed by atoms with van der Waals surface area (Å²) in [5.74, 6) is 0.0676. The van der Waals surface area contributed by atoms with Crippen molar-refractivity contribution in [1.29, 1.82) is 0 Å². The first-order valence-corrected chi connectivity index (χ1v) is 7.99. The van der Waals surface area contributed by atoms with Crippen LogP contribution in [0.5, 0.6) is 0 Å². The minimum Gasteiger partial charge on any atom is -0.436 e. The summed E-state index contributed by atoms with van der Waals surface area (Å²) in [6, 6.07) is 10.8. The van der Waals surface area contributed by atoms with Gasteiger partial charge in [0.25, 0.3) is 0 Å². The Morgan fingerprint density at radius 1 is 1.28 bits per heavy atom. The first kappa shape index (κ1) is 15.6. The average Bonchev–Trinajstić information content (AvgIpc) is 3.21. The van der Waals surface area contributed by atoms with Crippen molar-refractivity contribution in [3.63, 3.8) is 0 Å². The van der Waals surface area contributed by atoms with Crippen LogP contribution in [0, 0.1) is 5.82 Å². The number of amides is 2. The molecule has 2 aromatic carbocycles. The van der Waals surface area contributed by atoms with Gasteiger partial charge in [0.15, 0.2) is 5.58 Å². The molecule has 25 heavy (non-hydrogen) atoms. The number of aliphatic hydroxyl groups excluding tert-OH is 1. The Morgan fingerprint density at radius 3 is 2.80 bits per heavy atom. The lowest BCUT2D eigenvalue weighted by molar-refractivity contribution is 0.176. The Hall–Kier alpha value is -2.93. The molecule has 0 bridgehead atoms. The van der Waals surface area contributed by atoms with Crippen LogP contribution in [-0.4, -0.2) is 40.2 Å². The number of likely N-dealkylation sites (tertiary alicyclic amines) is 1. The molecule has 1 atom stereocenters. The molecule has 0 radical (unpaired) electrons. The molecule has 0 saturated carbocycles.